The molecule has 0 aliphatic rings. The first-order valence-corrected chi connectivity index (χ1v) is 17.0. The summed E-state index contributed by atoms with van der Waals surface area (Å²) in [5, 5.41) is 4.83. The summed E-state index contributed by atoms with van der Waals surface area (Å²) >= 11 is 0. The highest BCUT2D eigenvalue weighted by molar-refractivity contribution is 6.12. The number of aromatic nitrogens is 3. The number of nitrogens with zero attached hydrogens (tertiary/aromatic N) is 3. The molecule has 3 aromatic heterocycles. The van der Waals surface area contributed by atoms with Crippen molar-refractivity contribution in [1.29, 1.82) is 0 Å². The number of pyridine rings is 1. The van der Waals surface area contributed by atoms with Crippen molar-refractivity contribution in [1.82, 2.24) is 14.1 Å². The smallest absolute Gasteiger partial charge is 0.145 e. The average molecular weight is 638 g/mol. The van der Waals surface area contributed by atoms with Gasteiger partial charge in [-0.3, -0.25) is 4.57 Å². The van der Waals surface area contributed by atoms with E-state index < -0.39 is 0 Å². The molecule has 0 fully saturated rings. The fourth-order valence-electron chi connectivity index (χ4n) is 7.60. The zero-order valence-electron chi connectivity index (χ0n) is 27.2. The second-order valence-electron chi connectivity index (χ2n) is 12.9. The minimum Gasteiger partial charge on any atom is -0.309 e. The van der Waals surface area contributed by atoms with Gasteiger partial charge >= 0.3 is 0 Å². The summed E-state index contributed by atoms with van der Waals surface area (Å²) in [5.41, 5.74) is 13.9. The molecule has 0 saturated carbocycles. The summed E-state index contributed by atoms with van der Waals surface area (Å²) in [7, 11) is 0. The molecule has 234 valence electrons. The van der Waals surface area contributed by atoms with E-state index in [9.17, 15) is 0 Å². The average Bonchev–Trinajstić information content (AvgIpc) is 3.71. The number of hydrogen-bond donors (Lipinski definition) is 0. The Hall–Kier alpha value is -6.71. The molecule has 3 heteroatoms. The van der Waals surface area contributed by atoms with Gasteiger partial charge in [0, 0.05) is 39.1 Å². The summed E-state index contributed by atoms with van der Waals surface area (Å²) < 4.78 is 4.69. The van der Waals surface area contributed by atoms with E-state index in [0.29, 0.717) is 0 Å². The molecule has 50 heavy (non-hydrogen) atoms. The lowest BCUT2D eigenvalue weighted by atomic mass is 10.0. The maximum atomic E-state index is 4.90. The maximum absolute atomic E-state index is 4.90. The molecule has 0 N–H and O–H groups in total. The Labute approximate surface area is 290 Å². The minimum atomic E-state index is 0.958. The Kier molecular flexibility index (Phi) is 6.49. The summed E-state index contributed by atoms with van der Waals surface area (Å²) in [6.07, 6.45) is 1.89. The summed E-state index contributed by atoms with van der Waals surface area (Å²) in [6, 6.07) is 65.4. The van der Waals surface area contributed by atoms with Crippen LogP contribution in [0.3, 0.4) is 0 Å². The Morgan fingerprint density at radius 3 is 1.70 bits per heavy atom. The van der Waals surface area contributed by atoms with E-state index in [1.165, 1.54) is 60.6 Å². The third kappa shape index (κ3) is 4.56. The Morgan fingerprint density at radius 1 is 0.300 bits per heavy atom. The Bertz CT molecular complexity index is 2840. The van der Waals surface area contributed by atoms with Crippen molar-refractivity contribution in [3.05, 3.63) is 188 Å². The molecule has 0 saturated heterocycles. The number of benzene rings is 7. The van der Waals surface area contributed by atoms with Gasteiger partial charge in [0.2, 0.25) is 0 Å². The topological polar surface area (TPSA) is 22.8 Å². The van der Waals surface area contributed by atoms with E-state index in [2.05, 4.69) is 185 Å². The molecule has 0 amide bonds. The largest absolute Gasteiger partial charge is 0.309 e. The molecular weight excluding hydrogens is 607 g/mol. The molecule has 3 heterocycles. The second-order valence-corrected chi connectivity index (χ2v) is 12.9. The first-order chi connectivity index (χ1) is 24.8. The quantitative estimate of drug-likeness (QED) is 0.184. The van der Waals surface area contributed by atoms with Crippen LogP contribution in [0.25, 0.3) is 88.5 Å². The highest BCUT2D eigenvalue weighted by atomic mass is 15.0. The van der Waals surface area contributed by atoms with Crippen LogP contribution in [-0.4, -0.2) is 14.1 Å². The molecule has 0 unspecified atom stereocenters. The predicted octanol–water partition coefficient (Wildman–Crippen LogP) is 12.3. The predicted molar refractivity (Wildman–Crippen MR) is 209 cm³/mol. The van der Waals surface area contributed by atoms with Crippen molar-refractivity contribution in [2.75, 3.05) is 0 Å². The minimum absolute atomic E-state index is 0.958. The molecule has 0 aliphatic heterocycles. The standard InChI is InChI=1S/C47H31N3/c1-3-11-32(12-4-1)34-20-24-38(25-21-34)49-44-19-8-7-17-40(44)41-26-22-37(31-46(41)49)36-23-27-45-43(30-36)42-18-10-28-48-47(42)50(45)39-16-9-15-35(29-39)33-13-5-2-6-14-33/h1-31H. The van der Waals surface area contributed by atoms with Crippen LogP contribution in [0.1, 0.15) is 0 Å². The first kappa shape index (κ1) is 28.3. The van der Waals surface area contributed by atoms with E-state index in [-0.39, 0.29) is 0 Å². The third-order valence-corrected chi connectivity index (χ3v) is 9.98. The number of hydrogen-bond acceptors (Lipinski definition) is 1. The number of rotatable bonds is 5. The van der Waals surface area contributed by atoms with Crippen LogP contribution in [-0.2, 0) is 0 Å². The van der Waals surface area contributed by atoms with Gasteiger partial charge in [-0.1, -0.05) is 121 Å². The lowest BCUT2D eigenvalue weighted by Gasteiger charge is -2.11. The van der Waals surface area contributed by atoms with Gasteiger partial charge in [0.05, 0.1) is 16.6 Å². The van der Waals surface area contributed by atoms with Gasteiger partial charge in [0.1, 0.15) is 5.65 Å². The van der Waals surface area contributed by atoms with Gasteiger partial charge < -0.3 is 4.57 Å². The number of para-hydroxylation sites is 1. The molecule has 7 aromatic carbocycles. The van der Waals surface area contributed by atoms with Gasteiger partial charge in [-0.2, -0.15) is 0 Å². The van der Waals surface area contributed by atoms with Gasteiger partial charge in [-0.15, -0.1) is 0 Å². The molecule has 10 aromatic rings. The lowest BCUT2D eigenvalue weighted by molar-refractivity contribution is 1.14. The van der Waals surface area contributed by atoms with Crippen LogP contribution >= 0.6 is 0 Å². The zero-order valence-corrected chi connectivity index (χ0v) is 27.2. The van der Waals surface area contributed by atoms with Crippen molar-refractivity contribution in [2.45, 2.75) is 0 Å². The van der Waals surface area contributed by atoms with Crippen molar-refractivity contribution in [3.63, 3.8) is 0 Å². The van der Waals surface area contributed by atoms with Crippen molar-refractivity contribution >= 4 is 43.7 Å². The van der Waals surface area contributed by atoms with Gasteiger partial charge in [-0.25, -0.2) is 4.98 Å². The Morgan fingerprint density at radius 2 is 0.880 bits per heavy atom. The summed E-state index contributed by atoms with van der Waals surface area (Å²) in [6.45, 7) is 0. The maximum Gasteiger partial charge on any atom is 0.145 e. The van der Waals surface area contributed by atoms with Gasteiger partial charge in [-0.05, 0) is 94.0 Å². The van der Waals surface area contributed by atoms with Crippen LogP contribution in [0.15, 0.2) is 188 Å². The van der Waals surface area contributed by atoms with Gasteiger partial charge in [0.15, 0.2) is 0 Å². The molecule has 10 rings (SSSR count). The van der Waals surface area contributed by atoms with E-state index in [0.717, 1.165) is 27.9 Å². The van der Waals surface area contributed by atoms with Crippen LogP contribution in [0.5, 0.6) is 0 Å². The van der Waals surface area contributed by atoms with Crippen LogP contribution in [0, 0.1) is 0 Å². The van der Waals surface area contributed by atoms with Crippen LogP contribution in [0.2, 0.25) is 0 Å². The van der Waals surface area contributed by atoms with E-state index >= 15 is 0 Å². The lowest BCUT2D eigenvalue weighted by Crippen LogP contribution is -1.95. The SMILES string of the molecule is c1ccc(-c2ccc(-n3c4ccccc4c4ccc(-c5ccc6c(c5)c5cccnc5n6-c5cccc(-c6ccccc6)c5)cc43)cc2)cc1. The molecular formula is C47H31N3. The monoisotopic (exact) mass is 637 g/mol. The van der Waals surface area contributed by atoms with E-state index in [1.54, 1.807) is 0 Å². The fraction of sp³-hybridized carbons (Fsp3) is 0. The first-order valence-electron chi connectivity index (χ1n) is 17.0. The molecule has 0 radical (unpaired) electrons. The van der Waals surface area contributed by atoms with E-state index in [1.807, 2.05) is 12.3 Å². The summed E-state index contributed by atoms with van der Waals surface area (Å²) in [4.78, 5) is 4.90. The zero-order chi connectivity index (χ0) is 33.0. The highest BCUT2D eigenvalue weighted by Gasteiger charge is 2.17. The van der Waals surface area contributed by atoms with Crippen LogP contribution < -0.4 is 0 Å². The van der Waals surface area contributed by atoms with Crippen LogP contribution in [0.4, 0.5) is 0 Å². The molecule has 0 bridgehead atoms. The molecule has 0 spiro atoms. The Balaban J connectivity index is 1.12. The second kappa shape index (κ2) is 11.5. The molecule has 0 atom stereocenters. The van der Waals surface area contributed by atoms with Gasteiger partial charge in [0.25, 0.3) is 0 Å². The fourth-order valence-corrected chi connectivity index (χ4v) is 7.60. The summed E-state index contributed by atoms with van der Waals surface area (Å²) in [5.74, 6) is 0. The number of fused-ring (bicyclic) bond motifs is 6. The third-order valence-electron chi connectivity index (χ3n) is 9.98. The normalized spacial score (nSPS) is 11.6. The van der Waals surface area contributed by atoms with E-state index in [4.69, 9.17) is 4.98 Å². The molecule has 0 aliphatic carbocycles. The highest BCUT2D eigenvalue weighted by Crippen LogP contribution is 2.38. The van der Waals surface area contributed by atoms with Crippen molar-refractivity contribution in [2.24, 2.45) is 0 Å². The van der Waals surface area contributed by atoms with Crippen molar-refractivity contribution < 1.29 is 0 Å². The molecule has 3 nitrogen and oxygen atoms in total. The van der Waals surface area contributed by atoms with Crippen molar-refractivity contribution in [3.8, 4) is 44.8 Å².